The van der Waals surface area contributed by atoms with Crippen molar-refractivity contribution in [1.82, 2.24) is 0 Å². The first-order chi connectivity index (χ1) is 9.97. The van der Waals surface area contributed by atoms with Crippen molar-refractivity contribution in [3.8, 4) is 0 Å². The first-order valence-corrected chi connectivity index (χ1v) is 7.65. The zero-order chi connectivity index (χ0) is 15.2. The van der Waals surface area contributed by atoms with Gasteiger partial charge in [0.25, 0.3) is 0 Å². The number of aryl methyl sites for hydroxylation is 2. The molecule has 0 aliphatic heterocycles. The summed E-state index contributed by atoms with van der Waals surface area (Å²) in [6.07, 6.45) is 1.95. The second-order valence-electron chi connectivity index (χ2n) is 6.41. The van der Waals surface area contributed by atoms with E-state index in [2.05, 4.69) is 45.9 Å². The summed E-state index contributed by atoms with van der Waals surface area (Å²) in [7, 11) is 0. The summed E-state index contributed by atoms with van der Waals surface area (Å²) in [4.78, 5) is 13.3. The van der Waals surface area contributed by atoms with Gasteiger partial charge in [-0.2, -0.15) is 0 Å². The molecule has 1 saturated carbocycles. The molecule has 0 atom stereocenters. The molecule has 1 aliphatic rings. The molecule has 0 spiro atoms. The minimum atomic E-state index is -0.267. The Kier molecular flexibility index (Phi) is 3.24. The van der Waals surface area contributed by atoms with Crippen LogP contribution >= 0.6 is 0 Å². The zero-order valence-corrected chi connectivity index (χ0v) is 13.3. The number of Topliss-reactive ketones (excluding diaryl/α,β-unsaturated/α-hetero) is 1. The molecule has 0 amide bonds. The summed E-state index contributed by atoms with van der Waals surface area (Å²) >= 11 is 0. The maximum absolute atomic E-state index is 13.3. The molecule has 2 aromatic carbocycles. The second-order valence-corrected chi connectivity index (χ2v) is 6.41. The Morgan fingerprint density at radius 2 is 1.43 bits per heavy atom. The van der Waals surface area contributed by atoms with E-state index in [0.29, 0.717) is 5.78 Å². The predicted octanol–water partition coefficient (Wildman–Crippen LogP) is 4.83. The Morgan fingerprint density at radius 1 is 0.905 bits per heavy atom. The second kappa shape index (κ2) is 4.84. The van der Waals surface area contributed by atoms with E-state index in [1.165, 1.54) is 16.7 Å². The van der Waals surface area contributed by atoms with Gasteiger partial charge in [0, 0.05) is 5.56 Å². The van der Waals surface area contributed by atoms with E-state index >= 15 is 0 Å². The van der Waals surface area contributed by atoms with Crippen LogP contribution in [0.2, 0.25) is 0 Å². The molecule has 0 aromatic heterocycles. The van der Waals surface area contributed by atoms with Gasteiger partial charge in [0.05, 0.1) is 5.41 Å². The van der Waals surface area contributed by atoms with Crippen LogP contribution in [0.25, 0.3) is 0 Å². The molecule has 0 N–H and O–H groups in total. The Balaban J connectivity index is 2.13. The number of benzene rings is 2. The van der Waals surface area contributed by atoms with Gasteiger partial charge in [0.1, 0.15) is 0 Å². The molecule has 0 saturated heterocycles. The van der Waals surface area contributed by atoms with Crippen LogP contribution in [0.15, 0.2) is 36.4 Å². The van der Waals surface area contributed by atoms with E-state index in [4.69, 9.17) is 0 Å². The lowest BCUT2D eigenvalue weighted by molar-refractivity contribution is 0.0944. The van der Waals surface area contributed by atoms with E-state index in [-0.39, 0.29) is 5.41 Å². The van der Waals surface area contributed by atoms with Gasteiger partial charge < -0.3 is 0 Å². The monoisotopic (exact) mass is 278 g/mol. The Hall–Kier alpha value is -1.89. The van der Waals surface area contributed by atoms with E-state index in [1.807, 2.05) is 18.2 Å². The van der Waals surface area contributed by atoms with Gasteiger partial charge in [-0.3, -0.25) is 4.79 Å². The minimum absolute atomic E-state index is 0.267. The van der Waals surface area contributed by atoms with Gasteiger partial charge in [0.15, 0.2) is 5.78 Å². The first-order valence-electron chi connectivity index (χ1n) is 7.65. The van der Waals surface area contributed by atoms with Crippen molar-refractivity contribution in [2.45, 2.75) is 46.0 Å². The average molecular weight is 278 g/mol. The van der Waals surface area contributed by atoms with E-state index in [1.54, 1.807) is 0 Å². The number of ketones is 1. The van der Waals surface area contributed by atoms with Crippen LogP contribution in [0.1, 0.15) is 51.0 Å². The molecule has 0 radical (unpaired) electrons. The summed E-state index contributed by atoms with van der Waals surface area (Å²) < 4.78 is 0. The van der Waals surface area contributed by atoms with Crippen LogP contribution in [0.3, 0.4) is 0 Å². The van der Waals surface area contributed by atoms with Crippen molar-refractivity contribution in [2.24, 2.45) is 0 Å². The Labute approximate surface area is 127 Å². The molecule has 1 fully saturated rings. The van der Waals surface area contributed by atoms with Crippen molar-refractivity contribution in [3.05, 3.63) is 69.8 Å². The third-order valence-electron chi connectivity index (χ3n) is 5.10. The molecule has 0 heterocycles. The summed E-state index contributed by atoms with van der Waals surface area (Å²) in [5, 5.41) is 0. The molecule has 2 aromatic rings. The molecule has 3 rings (SSSR count). The summed E-state index contributed by atoms with van der Waals surface area (Å²) in [6.45, 7) is 8.35. The van der Waals surface area contributed by atoms with E-state index in [9.17, 15) is 4.79 Å². The highest BCUT2D eigenvalue weighted by Crippen LogP contribution is 2.51. The first kappa shape index (κ1) is 14.1. The summed E-state index contributed by atoms with van der Waals surface area (Å²) in [6, 6.07) is 12.4. The van der Waals surface area contributed by atoms with Gasteiger partial charge in [-0.05, 0) is 68.4 Å². The maximum Gasteiger partial charge on any atom is 0.173 e. The maximum atomic E-state index is 13.3. The van der Waals surface area contributed by atoms with Crippen molar-refractivity contribution >= 4 is 5.78 Å². The quantitative estimate of drug-likeness (QED) is 0.735. The van der Waals surface area contributed by atoms with Crippen molar-refractivity contribution in [3.63, 3.8) is 0 Å². The Morgan fingerprint density at radius 3 is 1.90 bits per heavy atom. The molecule has 1 heteroatoms. The van der Waals surface area contributed by atoms with E-state index < -0.39 is 0 Å². The van der Waals surface area contributed by atoms with Gasteiger partial charge in [-0.15, -0.1) is 0 Å². The standard InChI is InChI=1S/C20H22O/c1-13-12-14(2)16(4)18(15(13)3)19(21)20(10-11-20)17-8-6-5-7-9-17/h5-9,12H,10-11H2,1-4H3. The topological polar surface area (TPSA) is 17.1 Å². The lowest BCUT2D eigenvalue weighted by atomic mass is 9.82. The lowest BCUT2D eigenvalue weighted by Crippen LogP contribution is -2.23. The lowest BCUT2D eigenvalue weighted by Gasteiger charge is -2.20. The largest absolute Gasteiger partial charge is 0.293 e. The van der Waals surface area contributed by atoms with Crippen molar-refractivity contribution < 1.29 is 4.79 Å². The van der Waals surface area contributed by atoms with Crippen LogP contribution in [0, 0.1) is 27.7 Å². The van der Waals surface area contributed by atoms with Crippen molar-refractivity contribution in [1.29, 1.82) is 0 Å². The number of hydrogen-bond donors (Lipinski definition) is 0. The number of hydrogen-bond acceptors (Lipinski definition) is 1. The van der Waals surface area contributed by atoms with Crippen LogP contribution in [0.4, 0.5) is 0 Å². The molecule has 0 unspecified atom stereocenters. The third kappa shape index (κ3) is 2.12. The number of carbonyl (C=O) groups excluding carboxylic acids is 1. The zero-order valence-electron chi connectivity index (χ0n) is 13.3. The normalized spacial score (nSPS) is 15.8. The van der Waals surface area contributed by atoms with Gasteiger partial charge in [0.2, 0.25) is 0 Å². The molecule has 0 bridgehead atoms. The fourth-order valence-electron chi connectivity index (χ4n) is 3.33. The highest BCUT2D eigenvalue weighted by atomic mass is 16.1. The molecule has 1 aliphatic carbocycles. The number of carbonyl (C=O) groups is 1. The SMILES string of the molecule is Cc1cc(C)c(C)c(C(=O)C2(c3ccccc3)CC2)c1C. The van der Waals surface area contributed by atoms with Crippen LogP contribution in [0.5, 0.6) is 0 Å². The smallest absolute Gasteiger partial charge is 0.173 e. The van der Waals surface area contributed by atoms with Gasteiger partial charge in [-0.25, -0.2) is 0 Å². The fraction of sp³-hybridized carbons (Fsp3) is 0.350. The molecular formula is C20H22O. The summed E-state index contributed by atoms with van der Waals surface area (Å²) in [5.41, 5.74) is 6.57. The molecular weight excluding hydrogens is 256 g/mol. The van der Waals surface area contributed by atoms with Crippen molar-refractivity contribution in [2.75, 3.05) is 0 Å². The molecule has 21 heavy (non-hydrogen) atoms. The van der Waals surface area contributed by atoms with Gasteiger partial charge in [-0.1, -0.05) is 36.4 Å². The fourth-order valence-corrected chi connectivity index (χ4v) is 3.33. The minimum Gasteiger partial charge on any atom is -0.293 e. The van der Waals surface area contributed by atoms with E-state index in [0.717, 1.165) is 29.5 Å². The Bertz CT molecular complexity index is 680. The summed E-state index contributed by atoms with van der Waals surface area (Å²) in [5.74, 6) is 0.315. The molecule has 108 valence electrons. The third-order valence-corrected chi connectivity index (χ3v) is 5.10. The average Bonchev–Trinajstić information content (AvgIpc) is 3.28. The highest BCUT2D eigenvalue weighted by molar-refractivity contribution is 6.08. The molecule has 1 nitrogen and oxygen atoms in total. The van der Waals surface area contributed by atoms with Gasteiger partial charge >= 0.3 is 0 Å². The number of rotatable bonds is 3. The van der Waals surface area contributed by atoms with Crippen LogP contribution in [-0.2, 0) is 5.41 Å². The van der Waals surface area contributed by atoms with Crippen LogP contribution in [-0.4, -0.2) is 5.78 Å². The predicted molar refractivity (Wildman–Crippen MR) is 87.1 cm³/mol. The van der Waals surface area contributed by atoms with Crippen LogP contribution < -0.4 is 0 Å². The highest BCUT2D eigenvalue weighted by Gasteiger charge is 2.51.